The van der Waals surface area contributed by atoms with Gasteiger partial charge in [-0.3, -0.25) is 14.5 Å². The van der Waals surface area contributed by atoms with Crippen LogP contribution in [0, 0.1) is 11.8 Å². The molecule has 6 heteroatoms. The highest BCUT2D eigenvalue weighted by molar-refractivity contribution is 5.91. The fraction of sp³-hybridized carbons (Fsp3) is 0.464. The lowest BCUT2D eigenvalue weighted by atomic mass is 9.90. The Morgan fingerprint density at radius 2 is 1.85 bits per heavy atom. The molecule has 2 unspecified atom stereocenters. The first-order chi connectivity index (χ1) is 16.1. The van der Waals surface area contributed by atoms with Crippen molar-refractivity contribution in [3.63, 3.8) is 0 Å². The second-order valence-electron chi connectivity index (χ2n) is 10.1. The number of ketones is 1. The van der Waals surface area contributed by atoms with Crippen LogP contribution in [0.2, 0.25) is 0 Å². The normalized spacial score (nSPS) is 19.0. The summed E-state index contributed by atoms with van der Waals surface area (Å²) in [6.07, 6.45) is 2.94. The number of allylic oxidation sites excluding steroid dienone is 1. The quantitative estimate of drug-likeness (QED) is 0.389. The molecule has 0 bridgehead atoms. The van der Waals surface area contributed by atoms with Crippen molar-refractivity contribution in [3.05, 3.63) is 60.7 Å². The van der Waals surface area contributed by atoms with Crippen LogP contribution < -0.4 is 0 Å². The van der Waals surface area contributed by atoms with Gasteiger partial charge in [-0.15, -0.1) is 6.58 Å². The smallest absolute Gasteiger partial charge is 0.410 e. The van der Waals surface area contributed by atoms with E-state index in [-0.39, 0.29) is 18.1 Å². The molecule has 34 heavy (non-hydrogen) atoms. The van der Waals surface area contributed by atoms with Gasteiger partial charge in [-0.05, 0) is 62.3 Å². The number of hydrogen-bond acceptors (Lipinski definition) is 5. The highest BCUT2D eigenvalue weighted by Crippen LogP contribution is 2.30. The van der Waals surface area contributed by atoms with Crippen LogP contribution in [-0.4, -0.2) is 48.0 Å². The standard InChI is InChI=1S/C28H35NO5/c1-6-9-20-16-24(29(18-20)27(32)34-28(2,3)4)25(30)17-23(26(31)33-5)15-19-12-13-21-10-7-8-11-22(21)14-19/h6-8,10-14,20,23-24H,1,9,15-18H2,2-5H3/t20-,23?,24?/m0/s1. The molecule has 1 aliphatic heterocycles. The Labute approximate surface area is 201 Å². The lowest BCUT2D eigenvalue weighted by molar-refractivity contribution is -0.147. The van der Waals surface area contributed by atoms with Crippen molar-refractivity contribution in [2.75, 3.05) is 13.7 Å². The summed E-state index contributed by atoms with van der Waals surface area (Å²) in [6, 6.07) is 13.4. The number of Topliss-reactive ketones (excluding diaryl/α,β-unsaturated/α-hetero) is 1. The summed E-state index contributed by atoms with van der Waals surface area (Å²) < 4.78 is 10.6. The van der Waals surface area contributed by atoms with Crippen molar-refractivity contribution in [2.45, 2.75) is 58.1 Å². The molecule has 3 atom stereocenters. The lowest BCUT2D eigenvalue weighted by Crippen LogP contribution is -2.44. The molecule has 0 spiro atoms. The number of amides is 1. The number of ether oxygens (including phenoxy) is 2. The molecule has 0 aliphatic carbocycles. The second kappa shape index (κ2) is 10.9. The number of hydrogen-bond donors (Lipinski definition) is 0. The number of benzene rings is 2. The minimum atomic E-state index is -0.661. The lowest BCUT2D eigenvalue weighted by Gasteiger charge is -2.28. The van der Waals surface area contributed by atoms with Crippen LogP contribution in [0.4, 0.5) is 4.79 Å². The molecule has 0 aromatic heterocycles. The number of fused-ring (bicyclic) bond motifs is 1. The van der Waals surface area contributed by atoms with Gasteiger partial charge in [-0.2, -0.15) is 0 Å². The van der Waals surface area contributed by atoms with E-state index in [9.17, 15) is 14.4 Å². The maximum atomic E-state index is 13.4. The predicted molar refractivity (Wildman–Crippen MR) is 132 cm³/mol. The maximum absolute atomic E-state index is 13.4. The molecule has 1 amide bonds. The van der Waals surface area contributed by atoms with Gasteiger partial charge in [0.1, 0.15) is 5.60 Å². The zero-order valence-corrected chi connectivity index (χ0v) is 20.6. The third kappa shape index (κ3) is 6.46. The van der Waals surface area contributed by atoms with Crippen molar-refractivity contribution in [1.29, 1.82) is 0 Å². The van der Waals surface area contributed by atoms with Crippen LogP contribution in [0.1, 0.15) is 45.6 Å². The molecule has 1 aliphatic rings. The predicted octanol–water partition coefficient (Wildman–Crippen LogP) is 5.33. The topological polar surface area (TPSA) is 72.9 Å². The van der Waals surface area contributed by atoms with Crippen molar-refractivity contribution in [2.24, 2.45) is 11.8 Å². The Bertz CT molecular complexity index is 1050. The highest BCUT2D eigenvalue weighted by atomic mass is 16.6. The summed E-state index contributed by atoms with van der Waals surface area (Å²) in [5.74, 6) is -1.06. The van der Waals surface area contributed by atoms with Crippen molar-refractivity contribution in [1.82, 2.24) is 4.90 Å². The van der Waals surface area contributed by atoms with E-state index >= 15 is 0 Å². The summed E-state index contributed by atoms with van der Waals surface area (Å²) in [7, 11) is 1.34. The van der Waals surface area contributed by atoms with Crippen LogP contribution in [0.3, 0.4) is 0 Å². The van der Waals surface area contributed by atoms with Crippen molar-refractivity contribution in [3.8, 4) is 0 Å². The van der Waals surface area contributed by atoms with E-state index in [1.165, 1.54) is 12.0 Å². The SMILES string of the molecule is C=CC[C@H]1CC(C(=O)CC(Cc2ccc3ccccc3c2)C(=O)OC)N(C(=O)OC(C)(C)C)C1. The largest absolute Gasteiger partial charge is 0.469 e. The first-order valence-electron chi connectivity index (χ1n) is 11.8. The van der Waals surface area contributed by atoms with E-state index in [0.29, 0.717) is 25.8 Å². The van der Waals surface area contributed by atoms with Gasteiger partial charge in [0.15, 0.2) is 5.78 Å². The van der Waals surface area contributed by atoms with Gasteiger partial charge in [0, 0.05) is 13.0 Å². The van der Waals surface area contributed by atoms with E-state index in [0.717, 1.165) is 16.3 Å². The number of rotatable bonds is 8. The third-order valence-electron chi connectivity index (χ3n) is 6.17. The summed E-state index contributed by atoms with van der Waals surface area (Å²) in [4.78, 5) is 40.4. The molecule has 1 saturated heterocycles. The summed E-state index contributed by atoms with van der Waals surface area (Å²) >= 11 is 0. The van der Waals surface area contributed by atoms with Crippen LogP contribution >= 0.6 is 0 Å². The third-order valence-corrected chi connectivity index (χ3v) is 6.17. The van der Waals surface area contributed by atoms with Gasteiger partial charge < -0.3 is 9.47 Å². The van der Waals surface area contributed by atoms with Crippen molar-refractivity contribution >= 4 is 28.6 Å². The minimum Gasteiger partial charge on any atom is -0.469 e. The molecule has 0 radical (unpaired) electrons. The number of methoxy groups -OCH3 is 1. The Morgan fingerprint density at radius 1 is 1.15 bits per heavy atom. The van der Waals surface area contributed by atoms with E-state index < -0.39 is 29.6 Å². The molecule has 6 nitrogen and oxygen atoms in total. The van der Waals surface area contributed by atoms with E-state index in [1.807, 2.05) is 48.5 Å². The van der Waals surface area contributed by atoms with E-state index in [1.54, 1.807) is 20.8 Å². The fourth-order valence-corrected chi connectivity index (χ4v) is 4.59. The Hall–Kier alpha value is -3.15. The molecule has 0 N–H and O–H groups in total. The summed E-state index contributed by atoms with van der Waals surface area (Å²) in [5, 5.41) is 2.19. The molecule has 1 fully saturated rings. The minimum absolute atomic E-state index is 0.00424. The number of carbonyl (C=O) groups excluding carboxylic acids is 3. The number of nitrogens with zero attached hydrogens (tertiary/aromatic N) is 1. The second-order valence-corrected chi connectivity index (χ2v) is 10.1. The zero-order valence-electron chi connectivity index (χ0n) is 20.6. The van der Waals surface area contributed by atoms with E-state index in [4.69, 9.17) is 9.47 Å². The Kier molecular flexibility index (Phi) is 8.13. The van der Waals surface area contributed by atoms with Crippen LogP contribution in [-0.2, 0) is 25.5 Å². The van der Waals surface area contributed by atoms with E-state index in [2.05, 4.69) is 6.58 Å². The fourth-order valence-electron chi connectivity index (χ4n) is 4.59. The molecule has 2 aromatic carbocycles. The summed E-state index contributed by atoms with van der Waals surface area (Å²) in [5.41, 5.74) is 0.299. The first kappa shape index (κ1) is 25.5. The molecule has 2 aromatic rings. The number of carbonyl (C=O) groups is 3. The molecule has 0 saturated carbocycles. The van der Waals surface area contributed by atoms with Gasteiger partial charge in [0.25, 0.3) is 0 Å². The highest BCUT2D eigenvalue weighted by Gasteiger charge is 2.41. The zero-order chi connectivity index (χ0) is 24.9. The molecule has 182 valence electrons. The van der Waals surface area contributed by atoms with Crippen LogP contribution in [0.5, 0.6) is 0 Å². The first-order valence-corrected chi connectivity index (χ1v) is 11.8. The Balaban J connectivity index is 1.78. The van der Waals surface area contributed by atoms with Crippen LogP contribution in [0.15, 0.2) is 55.1 Å². The van der Waals surface area contributed by atoms with Gasteiger partial charge in [-0.1, -0.05) is 48.5 Å². The van der Waals surface area contributed by atoms with Crippen molar-refractivity contribution < 1.29 is 23.9 Å². The van der Waals surface area contributed by atoms with Gasteiger partial charge in [0.2, 0.25) is 0 Å². The number of likely N-dealkylation sites (tertiary alicyclic amines) is 1. The summed E-state index contributed by atoms with van der Waals surface area (Å²) in [6.45, 7) is 9.63. The molecule has 1 heterocycles. The van der Waals surface area contributed by atoms with Gasteiger partial charge >= 0.3 is 12.1 Å². The molecular formula is C28H35NO5. The average molecular weight is 466 g/mol. The number of esters is 1. The average Bonchev–Trinajstić information content (AvgIpc) is 3.21. The Morgan fingerprint density at radius 3 is 2.50 bits per heavy atom. The maximum Gasteiger partial charge on any atom is 0.410 e. The molecular weight excluding hydrogens is 430 g/mol. The molecule has 3 rings (SSSR count). The van der Waals surface area contributed by atoms with Crippen LogP contribution in [0.25, 0.3) is 10.8 Å². The van der Waals surface area contributed by atoms with Gasteiger partial charge in [0.05, 0.1) is 19.1 Å². The monoisotopic (exact) mass is 465 g/mol. The van der Waals surface area contributed by atoms with Gasteiger partial charge in [-0.25, -0.2) is 4.79 Å².